The SMILES string of the molecule is CC1CN(C(=O)C(=[NH2+])c2c(N)ccc3nc(-c4cn[nH]c4C(F)(F)F)c4c(c23)CCCC4)CCO1. The zero-order valence-electron chi connectivity index (χ0n) is 19.2. The molecular weight excluding hydrogens is 461 g/mol. The minimum atomic E-state index is -4.60. The standard InChI is InChI=1S/C24H25F3N6O2/c1-12-11-33(8-9-35-12)23(34)20(29)19-16(28)6-7-17-18(19)13-4-2-3-5-14(13)21(31-17)15-10-30-32-22(15)24(25,26)27/h6-7,10,12,29H,2-5,8-9,11,28H2,1H3,(H,30,32)/p+1. The summed E-state index contributed by atoms with van der Waals surface area (Å²) in [7, 11) is 0. The number of benzene rings is 1. The highest BCUT2D eigenvalue weighted by Crippen LogP contribution is 2.41. The Kier molecular flexibility index (Phi) is 5.74. The number of carbonyl (C=O) groups is 1. The van der Waals surface area contributed by atoms with E-state index in [0.29, 0.717) is 60.3 Å². The predicted molar refractivity (Wildman–Crippen MR) is 123 cm³/mol. The largest absolute Gasteiger partial charge is 0.433 e. The summed E-state index contributed by atoms with van der Waals surface area (Å²) in [6.07, 6.45) is -0.712. The molecule has 2 aromatic heterocycles. The molecule has 1 amide bonds. The number of H-pyrrole nitrogens is 1. The number of halogens is 3. The summed E-state index contributed by atoms with van der Waals surface area (Å²) < 4.78 is 46.5. The van der Waals surface area contributed by atoms with Crippen LogP contribution in [0.2, 0.25) is 0 Å². The van der Waals surface area contributed by atoms with Crippen LogP contribution >= 0.6 is 0 Å². The molecule has 0 radical (unpaired) electrons. The molecule has 5 rings (SSSR count). The van der Waals surface area contributed by atoms with E-state index in [2.05, 4.69) is 15.2 Å². The van der Waals surface area contributed by atoms with Crippen molar-refractivity contribution < 1.29 is 28.1 Å². The van der Waals surface area contributed by atoms with Crippen molar-refractivity contribution in [3.8, 4) is 11.3 Å². The number of anilines is 1. The van der Waals surface area contributed by atoms with E-state index >= 15 is 0 Å². The van der Waals surface area contributed by atoms with Gasteiger partial charge in [0.25, 0.3) is 5.71 Å². The summed E-state index contributed by atoms with van der Waals surface area (Å²) in [6, 6.07) is 3.25. The Balaban J connectivity index is 1.69. The highest BCUT2D eigenvalue weighted by molar-refractivity contribution is 6.46. The molecule has 0 spiro atoms. The average molecular weight is 488 g/mol. The van der Waals surface area contributed by atoms with Crippen molar-refractivity contribution in [2.24, 2.45) is 0 Å². The minimum Gasteiger partial charge on any atom is -0.398 e. The molecule has 0 saturated carbocycles. The van der Waals surface area contributed by atoms with Gasteiger partial charge in [0.2, 0.25) is 0 Å². The number of nitrogens with zero attached hydrogens (tertiary/aromatic N) is 3. The first kappa shape index (κ1) is 23.3. The average Bonchev–Trinajstić information content (AvgIpc) is 3.33. The summed E-state index contributed by atoms with van der Waals surface area (Å²) in [5.74, 6) is -0.345. The van der Waals surface area contributed by atoms with Gasteiger partial charge in [-0.3, -0.25) is 9.89 Å². The molecule has 1 saturated heterocycles. The van der Waals surface area contributed by atoms with E-state index in [-0.39, 0.29) is 29.0 Å². The smallest absolute Gasteiger partial charge is 0.398 e. The second-order valence-electron chi connectivity index (χ2n) is 9.05. The molecule has 1 aliphatic heterocycles. The fraction of sp³-hybridized carbons (Fsp3) is 0.417. The summed E-state index contributed by atoms with van der Waals surface area (Å²) in [5, 5.41) is 12.8. The molecule has 184 valence electrons. The van der Waals surface area contributed by atoms with E-state index in [1.54, 1.807) is 17.0 Å². The van der Waals surface area contributed by atoms with Crippen LogP contribution < -0.4 is 11.1 Å². The fourth-order valence-electron chi connectivity index (χ4n) is 5.11. The number of hydrogen-bond acceptors (Lipinski definition) is 5. The van der Waals surface area contributed by atoms with Gasteiger partial charge in [-0.25, -0.2) is 10.4 Å². The molecule has 2 aliphatic rings. The molecule has 1 aliphatic carbocycles. The molecule has 1 fully saturated rings. The van der Waals surface area contributed by atoms with Crippen LogP contribution in [0.15, 0.2) is 18.3 Å². The van der Waals surface area contributed by atoms with Gasteiger partial charge in [-0.15, -0.1) is 0 Å². The maximum atomic E-state index is 13.6. The quantitative estimate of drug-likeness (QED) is 0.385. The van der Waals surface area contributed by atoms with Crippen molar-refractivity contribution in [2.45, 2.75) is 44.9 Å². The Morgan fingerprint density at radius 3 is 2.71 bits per heavy atom. The van der Waals surface area contributed by atoms with Crippen molar-refractivity contribution in [1.82, 2.24) is 20.1 Å². The third-order valence-electron chi connectivity index (χ3n) is 6.71. The molecule has 8 nitrogen and oxygen atoms in total. The summed E-state index contributed by atoms with van der Waals surface area (Å²) >= 11 is 0. The first-order valence-corrected chi connectivity index (χ1v) is 11.5. The van der Waals surface area contributed by atoms with Crippen molar-refractivity contribution >= 4 is 28.2 Å². The first-order valence-electron chi connectivity index (χ1n) is 11.5. The highest BCUT2D eigenvalue weighted by atomic mass is 19.4. The lowest BCUT2D eigenvalue weighted by Crippen LogP contribution is -2.55. The Morgan fingerprint density at radius 1 is 1.26 bits per heavy atom. The van der Waals surface area contributed by atoms with Crippen LogP contribution in [0, 0.1) is 0 Å². The predicted octanol–water partition coefficient (Wildman–Crippen LogP) is 1.90. The number of ether oxygens (including phenoxy) is 1. The molecule has 11 heteroatoms. The van der Waals surface area contributed by atoms with Gasteiger partial charge in [0.15, 0.2) is 0 Å². The second-order valence-corrected chi connectivity index (χ2v) is 9.05. The molecule has 3 aromatic rings. The zero-order valence-corrected chi connectivity index (χ0v) is 19.2. The summed E-state index contributed by atoms with van der Waals surface area (Å²) in [6.45, 7) is 3.12. The van der Waals surface area contributed by atoms with Gasteiger partial charge in [-0.2, -0.15) is 18.3 Å². The van der Waals surface area contributed by atoms with Crippen LogP contribution in [-0.2, 0) is 28.5 Å². The van der Waals surface area contributed by atoms with Gasteiger partial charge in [-0.1, -0.05) is 0 Å². The molecule has 0 bridgehead atoms. The lowest BCUT2D eigenvalue weighted by atomic mass is 9.84. The van der Waals surface area contributed by atoms with Gasteiger partial charge >= 0.3 is 12.1 Å². The number of aromatic amines is 1. The Hall–Kier alpha value is -3.47. The van der Waals surface area contributed by atoms with Crippen molar-refractivity contribution in [3.63, 3.8) is 0 Å². The number of hydrogen-bond donors (Lipinski definition) is 3. The second kappa shape index (κ2) is 8.63. The van der Waals surface area contributed by atoms with Crippen LogP contribution in [0.25, 0.3) is 22.2 Å². The summed E-state index contributed by atoms with van der Waals surface area (Å²) in [4.78, 5) is 19.6. The number of nitrogens with one attached hydrogen (secondary N) is 1. The van der Waals surface area contributed by atoms with E-state index in [4.69, 9.17) is 15.9 Å². The molecular formula is C24H26F3N6O2+. The lowest BCUT2D eigenvalue weighted by molar-refractivity contribution is -0.147. The molecule has 1 aromatic carbocycles. The van der Waals surface area contributed by atoms with Crippen molar-refractivity contribution in [2.75, 3.05) is 25.4 Å². The number of rotatable bonds is 3. The van der Waals surface area contributed by atoms with Crippen LogP contribution in [0.5, 0.6) is 0 Å². The maximum Gasteiger partial charge on any atom is 0.433 e. The number of alkyl halides is 3. The number of amides is 1. The number of aromatic nitrogens is 3. The minimum absolute atomic E-state index is 0.00353. The number of nitrogen functional groups attached to an aromatic ring is 1. The van der Waals surface area contributed by atoms with E-state index in [1.807, 2.05) is 6.92 Å². The summed E-state index contributed by atoms with van der Waals surface area (Å²) in [5.41, 5.74) is 8.26. The van der Waals surface area contributed by atoms with Gasteiger partial charge in [0.1, 0.15) is 5.69 Å². The third kappa shape index (κ3) is 4.03. The van der Waals surface area contributed by atoms with E-state index in [9.17, 15) is 18.0 Å². The number of fused-ring (bicyclic) bond motifs is 3. The number of aryl methyl sites for hydroxylation is 1. The zero-order chi connectivity index (χ0) is 24.9. The monoisotopic (exact) mass is 487 g/mol. The number of pyridine rings is 1. The molecule has 3 heterocycles. The molecule has 35 heavy (non-hydrogen) atoms. The van der Waals surface area contributed by atoms with E-state index in [1.165, 1.54) is 0 Å². The fourth-order valence-corrected chi connectivity index (χ4v) is 5.11. The maximum absolute atomic E-state index is 13.6. The van der Waals surface area contributed by atoms with Gasteiger partial charge < -0.3 is 15.4 Å². The molecule has 5 N–H and O–H groups in total. The van der Waals surface area contributed by atoms with Crippen molar-refractivity contribution in [1.29, 1.82) is 0 Å². The van der Waals surface area contributed by atoms with Gasteiger partial charge in [0, 0.05) is 24.2 Å². The van der Waals surface area contributed by atoms with E-state index < -0.39 is 11.9 Å². The number of morpholine rings is 1. The van der Waals surface area contributed by atoms with Gasteiger partial charge in [-0.05, 0) is 55.9 Å². The topological polar surface area (TPSA) is 123 Å². The van der Waals surface area contributed by atoms with Crippen LogP contribution in [0.4, 0.5) is 18.9 Å². The van der Waals surface area contributed by atoms with E-state index in [0.717, 1.165) is 24.6 Å². The molecule has 1 unspecified atom stereocenters. The normalized spacial score (nSPS) is 18.5. The Morgan fingerprint density at radius 2 is 2.00 bits per heavy atom. The number of nitrogens with two attached hydrogens (primary N) is 2. The van der Waals surface area contributed by atoms with Gasteiger partial charge in [0.05, 0.1) is 41.2 Å². The lowest BCUT2D eigenvalue weighted by Gasteiger charge is -2.30. The third-order valence-corrected chi connectivity index (χ3v) is 6.71. The highest BCUT2D eigenvalue weighted by Gasteiger charge is 2.38. The van der Waals surface area contributed by atoms with Crippen LogP contribution in [0.1, 0.15) is 42.1 Å². The first-order chi connectivity index (χ1) is 16.7. The van der Waals surface area contributed by atoms with Crippen LogP contribution in [-0.4, -0.2) is 57.5 Å². The van der Waals surface area contributed by atoms with Crippen molar-refractivity contribution in [3.05, 3.63) is 40.7 Å². The van der Waals surface area contributed by atoms with Crippen LogP contribution in [0.3, 0.4) is 0 Å². The number of carbonyl (C=O) groups excluding carboxylic acids is 1. The molecule has 1 atom stereocenters. The Bertz CT molecular complexity index is 1330. The Labute approximate surface area is 199 Å².